The predicted molar refractivity (Wildman–Crippen MR) is 126 cm³/mol. The molecule has 0 radical (unpaired) electrons. The first-order chi connectivity index (χ1) is 16.0. The molecular formula is C23H25N5O4S. The Morgan fingerprint density at radius 2 is 2.09 bits per heavy atom. The molecule has 4 aromatic rings. The summed E-state index contributed by atoms with van der Waals surface area (Å²) < 4.78 is 14.2. The van der Waals surface area contributed by atoms with Gasteiger partial charge in [0.25, 0.3) is 5.56 Å². The molecule has 1 aromatic carbocycles. The van der Waals surface area contributed by atoms with Crippen LogP contribution in [0, 0.1) is 0 Å². The van der Waals surface area contributed by atoms with Crippen LogP contribution in [0.3, 0.4) is 0 Å². The van der Waals surface area contributed by atoms with Gasteiger partial charge in [0.05, 0.1) is 13.3 Å². The first-order valence-corrected chi connectivity index (χ1v) is 11.3. The van der Waals surface area contributed by atoms with Gasteiger partial charge >= 0.3 is 0 Å². The topological polar surface area (TPSA) is 91.5 Å². The van der Waals surface area contributed by atoms with E-state index in [4.69, 9.17) is 9.47 Å². The Labute approximate surface area is 194 Å². The number of methoxy groups -OCH3 is 1. The fraction of sp³-hybridized carbons (Fsp3) is 0.304. The summed E-state index contributed by atoms with van der Waals surface area (Å²) >= 11 is 1.63. The van der Waals surface area contributed by atoms with Crippen molar-refractivity contribution in [1.82, 2.24) is 24.2 Å². The van der Waals surface area contributed by atoms with E-state index >= 15 is 0 Å². The van der Waals surface area contributed by atoms with Gasteiger partial charge in [-0.2, -0.15) is 5.10 Å². The smallest absolute Gasteiger partial charge is 0.264 e. The number of thiophene rings is 1. The molecule has 0 bridgehead atoms. The summed E-state index contributed by atoms with van der Waals surface area (Å²) in [5.74, 6) is 1.07. The second kappa shape index (κ2) is 9.86. The highest BCUT2D eigenvalue weighted by Crippen LogP contribution is 2.29. The number of amides is 1. The lowest BCUT2D eigenvalue weighted by atomic mass is 10.2. The van der Waals surface area contributed by atoms with Crippen molar-refractivity contribution in [3.63, 3.8) is 0 Å². The zero-order chi connectivity index (χ0) is 23.4. The lowest BCUT2D eigenvalue weighted by Crippen LogP contribution is -2.36. The number of carbonyl (C=O) groups is 1. The van der Waals surface area contributed by atoms with Crippen molar-refractivity contribution in [2.45, 2.75) is 26.6 Å². The summed E-state index contributed by atoms with van der Waals surface area (Å²) in [4.78, 5) is 32.7. The molecule has 0 N–H and O–H groups in total. The molecular weight excluding hydrogens is 442 g/mol. The van der Waals surface area contributed by atoms with E-state index in [-0.39, 0.29) is 18.0 Å². The van der Waals surface area contributed by atoms with Crippen LogP contribution < -0.4 is 15.0 Å². The monoisotopic (exact) mass is 467 g/mol. The number of benzene rings is 1. The SMILES string of the molecule is CCN(Cc1ccc(OCc2cccs2)c(OC)c1)C(=O)Cn1cnc2c(cnn2C)c1=O. The molecule has 0 aliphatic rings. The minimum atomic E-state index is -0.286. The molecule has 0 spiro atoms. The van der Waals surface area contributed by atoms with Gasteiger partial charge in [0.1, 0.15) is 24.9 Å². The Kier molecular flexibility index (Phi) is 6.74. The van der Waals surface area contributed by atoms with Crippen LogP contribution in [0.15, 0.2) is 53.0 Å². The van der Waals surface area contributed by atoms with Gasteiger partial charge in [0.2, 0.25) is 5.91 Å². The Bertz CT molecular complexity index is 1310. The normalized spacial score (nSPS) is 11.0. The largest absolute Gasteiger partial charge is 0.493 e. The van der Waals surface area contributed by atoms with Crippen molar-refractivity contribution >= 4 is 28.3 Å². The van der Waals surface area contributed by atoms with Crippen molar-refractivity contribution in [3.8, 4) is 11.5 Å². The van der Waals surface area contributed by atoms with Gasteiger partial charge in [0.15, 0.2) is 17.1 Å². The second-order valence-electron chi connectivity index (χ2n) is 7.44. The van der Waals surface area contributed by atoms with Crippen molar-refractivity contribution in [3.05, 3.63) is 69.0 Å². The maximum absolute atomic E-state index is 13.0. The maximum atomic E-state index is 13.0. The predicted octanol–water partition coefficient (Wildman–Crippen LogP) is 2.83. The lowest BCUT2D eigenvalue weighted by Gasteiger charge is -2.22. The molecule has 0 unspecified atom stereocenters. The number of likely N-dealkylation sites (N-methyl/N-ethyl adjacent to an activating group) is 1. The third-order valence-corrected chi connectivity index (χ3v) is 6.16. The van der Waals surface area contributed by atoms with E-state index in [9.17, 15) is 9.59 Å². The fourth-order valence-electron chi connectivity index (χ4n) is 3.49. The number of aryl methyl sites for hydroxylation is 1. The highest BCUT2D eigenvalue weighted by atomic mass is 32.1. The Hall–Kier alpha value is -3.66. The summed E-state index contributed by atoms with van der Waals surface area (Å²) in [5, 5.41) is 6.45. The van der Waals surface area contributed by atoms with Crippen molar-refractivity contribution < 1.29 is 14.3 Å². The highest BCUT2D eigenvalue weighted by Gasteiger charge is 2.17. The Balaban J connectivity index is 1.46. The van der Waals surface area contributed by atoms with Crippen LogP contribution in [-0.2, 0) is 31.5 Å². The highest BCUT2D eigenvalue weighted by molar-refractivity contribution is 7.09. The van der Waals surface area contributed by atoms with Gasteiger partial charge in [-0.3, -0.25) is 18.8 Å². The van der Waals surface area contributed by atoms with Gasteiger partial charge in [0, 0.05) is 25.0 Å². The van der Waals surface area contributed by atoms with E-state index in [1.807, 2.05) is 42.6 Å². The first-order valence-electron chi connectivity index (χ1n) is 10.5. The number of hydrogen-bond acceptors (Lipinski definition) is 7. The molecule has 172 valence electrons. The quantitative estimate of drug-likeness (QED) is 0.376. The van der Waals surface area contributed by atoms with Gasteiger partial charge in [-0.05, 0) is 36.1 Å². The fourth-order valence-corrected chi connectivity index (χ4v) is 4.11. The van der Waals surface area contributed by atoms with Crippen LogP contribution in [-0.4, -0.2) is 43.8 Å². The lowest BCUT2D eigenvalue weighted by molar-refractivity contribution is -0.132. The summed E-state index contributed by atoms with van der Waals surface area (Å²) in [6.45, 7) is 3.16. The number of fused-ring (bicyclic) bond motifs is 1. The van der Waals surface area contributed by atoms with E-state index in [1.54, 1.807) is 30.4 Å². The summed E-state index contributed by atoms with van der Waals surface area (Å²) in [7, 11) is 3.31. The average molecular weight is 468 g/mol. The Morgan fingerprint density at radius 1 is 1.24 bits per heavy atom. The number of hydrogen-bond donors (Lipinski definition) is 0. The van der Waals surface area contributed by atoms with Crippen LogP contribution in [0.5, 0.6) is 11.5 Å². The van der Waals surface area contributed by atoms with Crippen LogP contribution in [0.2, 0.25) is 0 Å². The Morgan fingerprint density at radius 3 is 2.82 bits per heavy atom. The molecule has 0 aliphatic heterocycles. The average Bonchev–Trinajstić information content (AvgIpc) is 3.48. The molecule has 0 atom stereocenters. The summed E-state index contributed by atoms with van der Waals surface area (Å²) in [5.41, 5.74) is 1.11. The number of aromatic nitrogens is 4. The molecule has 9 nitrogen and oxygen atoms in total. The third-order valence-electron chi connectivity index (χ3n) is 5.31. The molecule has 1 amide bonds. The third kappa shape index (κ3) is 4.90. The van der Waals surface area contributed by atoms with Crippen LogP contribution in [0.25, 0.3) is 11.0 Å². The van der Waals surface area contributed by atoms with E-state index in [2.05, 4.69) is 10.1 Å². The molecule has 3 aromatic heterocycles. The van der Waals surface area contributed by atoms with Crippen molar-refractivity contribution in [2.75, 3.05) is 13.7 Å². The van der Waals surface area contributed by atoms with Crippen LogP contribution in [0.4, 0.5) is 0 Å². The zero-order valence-corrected chi connectivity index (χ0v) is 19.5. The van der Waals surface area contributed by atoms with E-state index in [1.165, 1.54) is 21.8 Å². The first kappa shape index (κ1) is 22.5. The number of ether oxygens (including phenoxy) is 2. The van der Waals surface area contributed by atoms with Gasteiger partial charge in [-0.1, -0.05) is 12.1 Å². The molecule has 0 aliphatic carbocycles. The molecule has 3 heterocycles. The number of rotatable bonds is 9. The standard InChI is InChI=1S/C23H25N5O4S/c1-4-27(21(29)13-28-15-24-22-18(23(28)30)11-25-26(22)2)12-16-7-8-19(20(10-16)31-3)32-14-17-6-5-9-33-17/h5-11,15H,4,12-14H2,1-3H3. The summed E-state index contributed by atoms with van der Waals surface area (Å²) in [6.07, 6.45) is 2.86. The zero-order valence-electron chi connectivity index (χ0n) is 18.7. The van der Waals surface area contributed by atoms with E-state index in [0.717, 1.165) is 10.4 Å². The molecule has 0 fully saturated rings. The molecule has 33 heavy (non-hydrogen) atoms. The van der Waals surface area contributed by atoms with Gasteiger partial charge in [-0.15, -0.1) is 11.3 Å². The number of nitrogens with zero attached hydrogens (tertiary/aromatic N) is 5. The minimum Gasteiger partial charge on any atom is -0.493 e. The van der Waals surface area contributed by atoms with Crippen molar-refractivity contribution in [1.29, 1.82) is 0 Å². The summed E-state index contributed by atoms with van der Waals surface area (Å²) in [6, 6.07) is 9.64. The molecule has 0 saturated carbocycles. The number of carbonyl (C=O) groups excluding carboxylic acids is 1. The van der Waals surface area contributed by atoms with Gasteiger partial charge in [-0.25, -0.2) is 4.98 Å². The second-order valence-corrected chi connectivity index (χ2v) is 8.48. The van der Waals surface area contributed by atoms with Crippen LogP contribution >= 0.6 is 11.3 Å². The molecule has 10 heteroatoms. The minimum absolute atomic E-state index is 0.0936. The molecule has 4 rings (SSSR count). The van der Waals surface area contributed by atoms with Crippen molar-refractivity contribution in [2.24, 2.45) is 7.05 Å². The van der Waals surface area contributed by atoms with E-state index in [0.29, 0.717) is 42.2 Å². The van der Waals surface area contributed by atoms with E-state index < -0.39 is 0 Å². The van der Waals surface area contributed by atoms with Crippen LogP contribution in [0.1, 0.15) is 17.4 Å². The van der Waals surface area contributed by atoms with Gasteiger partial charge < -0.3 is 14.4 Å². The maximum Gasteiger partial charge on any atom is 0.264 e. The molecule has 0 saturated heterocycles.